The van der Waals surface area contributed by atoms with E-state index in [0.29, 0.717) is 5.41 Å². The number of nitrogens with zero attached hydrogens (tertiary/aromatic N) is 2. The van der Waals surface area contributed by atoms with Crippen LogP contribution >= 0.6 is 0 Å². The summed E-state index contributed by atoms with van der Waals surface area (Å²) in [5.74, 6) is 0. The Balaban J connectivity index is 1.86. The van der Waals surface area contributed by atoms with Crippen molar-refractivity contribution in [3.63, 3.8) is 0 Å². The molecule has 2 rings (SSSR count). The van der Waals surface area contributed by atoms with Gasteiger partial charge in [0.25, 0.3) is 0 Å². The number of pyridine rings is 1. The first-order valence-corrected chi connectivity index (χ1v) is 6.46. The summed E-state index contributed by atoms with van der Waals surface area (Å²) in [6, 6.07) is 4.16. The van der Waals surface area contributed by atoms with Gasteiger partial charge in [-0.25, -0.2) is 0 Å². The van der Waals surface area contributed by atoms with Gasteiger partial charge in [0.15, 0.2) is 0 Å². The summed E-state index contributed by atoms with van der Waals surface area (Å²) in [4.78, 5) is 6.59. The van der Waals surface area contributed by atoms with Gasteiger partial charge in [-0.2, -0.15) is 0 Å². The summed E-state index contributed by atoms with van der Waals surface area (Å²) in [7, 11) is 4.27. The van der Waals surface area contributed by atoms with Gasteiger partial charge in [-0.1, -0.05) is 12.5 Å². The van der Waals surface area contributed by atoms with E-state index in [4.69, 9.17) is 0 Å². The van der Waals surface area contributed by atoms with Crippen LogP contribution in [0, 0.1) is 5.41 Å². The van der Waals surface area contributed by atoms with Gasteiger partial charge in [0.2, 0.25) is 0 Å². The summed E-state index contributed by atoms with van der Waals surface area (Å²) in [6.07, 6.45) is 7.92. The molecule has 0 atom stereocenters. The molecule has 1 aromatic heterocycles. The lowest BCUT2D eigenvalue weighted by atomic mass is 9.68. The smallest absolute Gasteiger partial charge is 0.0312 e. The van der Waals surface area contributed by atoms with Gasteiger partial charge in [-0.15, -0.1) is 0 Å². The fourth-order valence-electron chi connectivity index (χ4n) is 2.87. The molecule has 0 radical (unpaired) electrons. The van der Waals surface area contributed by atoms with Gasteiger partial charge in [-0.3, -0.25) is 4.98 Å². The molecule has 0 aromatic carbocycles. The summed E-state index contributed by atoms with van der Waals surface area (Å²) >= 11 is 0. The molecule has 1 aromatic rings. The lowest BCUT2D eigenvalue weighted by molar-refractivity contribution is 0.0768. The van der Waals surface area contributed by atoms with Gasteiger partial charge in [0.1, 0.15) is 0 Å². The largest absolute Gasteiger partial charge is 0.319 e. The molecule has 0 saturated heterocycles. The van der Waals surface area contributed by atoms with Crippen LogP contribution in [0.4, 0.5) is 0 Å². The molecule has 1 aliphatic rings. The van der Waals surface area contributed by atoms with Crippen LogP contribution in [0.15, 0.2) is 24.5 Å². The van der Waals surface area contributed by atoms with E-state index in [-0.39, 0.29) is 0 Å². The van der Waals surface area contributed by atoms with E-state index in [1.807, 2.05) is 18.5 Å². The van der Waals surface area contributed by atoms with Gasteiger partial charge in [0.05, 0.1) is 0 Å². The Kier molecular flexibility index (Phi) is 4.13. The van der Waals surface area contributed by atoms with E-state index in [1.165, 1.54) is 31.4 Å². The minimum absolute atomic E-state index is 0.520. The van der Waals surface area contributed by atoms with Crippen LogP contribution in [0.2, 0.25) is 0 Å². The quantitative estimate of drug-likeness (QED) is 0.813. The minimum Gasteiger partial charge on any atom is -0.319 e. The molecule has 3 nitrogen and oxygen atoms in total. The number of nitrogens with one attached hydrogen (secondary N) is 1. The molecule has 0 spiro atoms. The third-order valence-corrected chi connectivity index (χ3v) is 3.75. The molecule has 0 aliphatic heterocycles. The third kappa shape index (κ3) is 3.27. The molecule has 1 fully saturated rings. The highest BCUT2D eigenvalue weighted by Crippen LogP contribution is 2.40. The Morgan fingerprint density at radius 1 is 1.47 bits per heavy atom. The van der Waals surface area contributed by atoms with E-state index >= 15 is 0 Å². The topological polar surface area (TPSA) is 28.2 Å². The fraction of sp³-hybridized carbons (Fsp3) is 0.643. The molecule has 17 heavy (non-hydrogen) atoms. The maximum atomic E-state index is 4.17. The monoisotopic (exact) mass is 233 g/mol. The van der Waals surface area contributed by atoms with Gasteiger partial charge in [0, 0.05) is 32.0 Å². The van der Waals surface area contributed by atoms with Crippen LogP contribution in [0.25, 0.3) is 0 Å². The highest BCUT2D eigenvalue weighted by Gasteiger charge is 2.36. The molecule has 0 amide bonds. The zero-order valence-electron chi connectivity index (χ0n) is 10.9. The molecule has 1 N–H and O–H groups in total. The lowest BCUT2D eigenvalue weighted by Crippen LogP contribution is -2.46. The Hall–Kier alpha value is -0.930. The lowest BCUT2D eigenvalue weighted by Gasteiger charge is -2.44. The zero-order chi connectivity index (χ0) is 12.1. The second-order valence-corrected chi connectivity index (χ2v) is 5.42. The summed E-state index contributed by atoms with van der Waals surface area (Å²) in [5.41, 5.74) is 1.82. The molecule has 94 valence electrons. The first-order chi connectivity index (χ1) is 8.24. The van der Waals surface area contributed by atoms with E-state index < -0.39 is 0 Å². The maximum Gasteiger partial charge on any atom is 0.0312 e. The van der Waals surface area contributed by atoms with Crippen LogP contribution in [0.3, 0.4) is 0 Å². The fourth-order valence-corrected chi connectivity index (χ4v) is 2.87. The van der Waals surface area contributed by atoms with Crippen molar-refractivity contribution in [2.75, 3.05) is 27.2 Å². The Bertz CT molecular complexity index is 333. The molecule has 0 unspecified atom stereocenters. The zero-order valence-corrected chi connectivity index (χ0v) is 10.9. The predicted octanol–water partition coefficient (Wildman–Crippen LogP) is 1.90. The van der Waals surface area contributed by atoms with Gasteiger partial charge >= 0.3 is 0 Å². The van der Waals surface area contributed by atoms with Crippen molar-refractivity contribution in [1.29, 1.82) is 0 Å². The summed E-state index contributed by atoms with van der Waals surface area (Å²) in [5, 5.41) is 3.34. The highest BCUT2D eigenvalue weighted by atomic mass is 15.1. The maximum absolute atomic E-state index is 4.17. The van der Waals surface area contributed by atoms with Crippen molar-refractivity contribution in [1.82, 2.24) is 15.2 Å². The molecule has 1 heterocycles. The number of aromatic nitrogens is 1. The normalized spacial score (nSPS) is 18.1. The van der Waals surface area contributed by atoms with Crippen molar-refractivity contribution in [3.05, 3.63) is 30.1 Å². The summed E-state index contributed by atoms with van der Waals surface area (Å²) in [6.45, 7) is 3.33. The molecule has 1 aliphatic carbocycles. The number of rotatable bonds is 6. The standard InChI is InChI=1S/C14H23N3/c1-15-11-14(6-4-7-14)12-17(2)10-13-5-3-8-16-9-13/h3,5,8-9,15H,4,6-7,10-12H2,1-2H3. The van der Waals surface area contributed by atoms with E-state index in [2.05, 4.69) is 35.4 Å². The number of hydrogen-bond acceptors (Lipinski definition) is 3. The Morgan fingerprint density at radius 3 is 2.82 bits per heavy atom. The van der Waals surface area contributed by atoms with Crippen LogP contribution < -0.4 is 5.32 Å². The molecular formula is C14H23N3. The van der Waals surface area contributed by atoms with Crippen molar-refractivity contribution in [2.45, 2.75) is 25.8 Å². The second kappa shape index (κ2) is 5.61. The van der Waals surface area contributed by atoms with Gasteiger partial charge in [-0.05, 0) is 44.0 Å². The van der Waals surface area contributed by atoms with Crippen LogP contribution in [0.5, 0.6) is 0 Å². The number of hydrogen-bond donors (Lipinski definition) is 1. The predicted molar refractivity (Wildman–Crippen MR) is 70.8 cm³/mol. The molecule has 3 heteroatoms. The van der Waals surface area contributed by atoms with Crippen molar-refractivity contribution in [2.24, 2.45) is 5.41 Å². The minimum atomic E-state index is 0.520. The average Bonchev–Trinajstić information content (AvgIpc) is 2.27. The third-order valence-electron chi connectivity index (χ3n) is 3.75. The molecular weight excluding hydrogens is 210 g/mol. The van der Waals surface area contributed by atoms with Gasteiger partial charge < -0.3 is 10.2 Å². The van der Waals surface area contributed by atoms with Crippen LogP contribution in [-0.4, -0.2) is 37.1 Å². The summed E-state index contributed by atoms with van der Waals surface area (Å²) < 4.78 is 0. The van der Waals surface area contributed by atoms with Crippen molar-refractivity contribution >= 4 is 0 Å². The van der Waals surface area contributed by atoms with Crippen molar-refractivity contribution in [3.8, 4) is 0 Å². The highest BCUT2D eigenvalue weighted by molar-refractivity contribution is 5.08. The first-order valence-electron chi connectivity index (χ1n) is 6.46. The van der Waals surface area contributed by atoms with Crippen LogP contribution in [-0.2, 0) is 6.54 Å². The Morgan fingerprint density at radius 2 is 2.29 bits per heavy atom. The van der Waals surface area contributed by atoms with E-state index in [9.17, 15) is 0 Å². The average molecular weight is 233 g/mol. The van der Waals surface area contributed by atoms with E-state index in [1.54, 1.807) is 0 Å². The van der Waals surface area contributed by atoms with E-state index in [0.717, 1.165) is 13.1 Å². The van der Waals surface area contributed by atoms with Crippen molar-refractivity contribution < 1.29 is 0 Å². The van der Waals surface area contributed by atoms with Crippen LogP contribution in [0.1, 0.15) is 24.8 Å². The molecule has 1 saturated carbocycles. The first kappa shape index (κ1) is 12.5. The molecule has 0 bridgehead atoms. The second-order valence-electron chi connectivity index (χ2n) is 5.42. The Labute approximate surface area is 104 Å². The SMILES string of the molecule is CNCC1(CN(C)Cc2cccnc2)CCC1.